The third kappa shape index (κ3) is 3.42. The summed E-state index contributed by atoms with van der Waals surface area (Å²) in [4.78, 5) is 17.7. The molecule has 0 spiro atoms. The minimum absolute atomic E-state index is 0.224. The van der Waals surface area contributed by atoms with Gasteiger partial charge in [0.2, 0.25) is 0 Å². The maximum atomic E-state index is 14.0. The van der Waals surface area contributed by atoms with E-state index in [4.69, 9.17) is 5.53 Å². The van der Waals surface area contributed by atoms with Crippen molar-refractivity contribution >= 4 is 17.3 Å². The lowest BCUT2D eigenvalue weighted by Gasteiger charge is -2.36. The molecule has 0 aromatic heterocycles. The number of aliphatic hydroxyl groups is 1. The molecule has 1 atom stereocenters. The summed E-state index contributed by atoms with van der Waals surface area (Å²) in [5, 5.41) is 12.6. The predicted octanol–water partition coefficient (Wildman–Crippen LogP) is 1.80. The van der Waals surface area contributed by atoms with Crippen molar-refractivity contribution < 1.29 is 14.3 Å². The molecular formula is C13H16FN5O2. The highest BCUT2D eigenvalue weighted by molar-refractivity contribution is 5.80. The normalized spacial score (nSPS) is 16.3. The van der Waals surface area contributed by atoms with Crippen LogP contribution < -0.4 is 4.90 Å². The molecule has 112 valence electrons. The van der Waals surface area contributed by atoms with Gasteiger partial charge in [-0.25, -0.2) is 4.39 Å². The molecule has 0 bridgehead atoms. The third-order valence-corrected chi connectivity index (χ3v) is 3.38. The summed E-state index contributed by atoms with van der Waals surface area (Å²) >= 11 is 0. The number of hydrogen-bond acceptors (Lipinski definition) is 4. The predicted molar refractivity (Wildman–Crippen MR) is 75.7 cm³/mol. The number of nitrogens with zero attached hydrogens (tertiary/aromatic N) is 5. The molecular weight excluding hydrogens is 277 g/mol. The van der Waals surface area contributed by atoms with Crippen LogP contribution in [0.4, 0.5) is 15.8 Å². The molecule has 1 fully saturated rings. The highest BCUT2D eigenvalue weighted by Gasteiger charge is 2.24. The summed E-state index contributed by atoms with van der Waals surface area (Å²) in [6.45, 7) is 3.26. The van der Waals surface area contributed by atoms with Gasteiger partial charge in [0.1, 0.15) is 11.9 Å². The summed E-state index contributed by atoms with van der Waals surface area (Å²) in [6.07, 6.45) is -1.02. The van der Waals surface area contributed by atoms with Gasteiger partial charge in [0.15, 0.2) is 0 Å². The van der Waals surface area contributed by atoms with Crippen LogP contribution in [0.2, 0.25) is 0 Å². The van der Waals surface area contributed by atoms with Gasteiger partial charge in [-0.1, -0.05) is 11.2 Å². The van der Waals surface area contributed by atoms with Crippen molar-refractivity contribution in [2.45, 2.75) is 13.0 Å². The van der Waals surface area contributed by atoms with E-state index in [2.05, 4.69) is 10.0 Å². The van der Waals surface area contributed by atoms with Gasteiger partial charge in [-0.2, -0.15) is 0 Å². The van der Waals surface area contributed by atoms with Crippen LogP contribution in [0.3, 0.4) is 0 Å². The summed E-state index contributed by atoms with van der Waals surface area (Å²) in [7, 11) is 0. The molecule has 7 nitrogen and oxygen atoms in total. The van der Waals surface area contributed by atoms with E-state index in [0.29, 0.717) is 31.9 Å². The van der Waals surface area contributed by atoms with E-state index < -0.39 is 11.9 Å². The first kappa shape index (κ1) is 15.1. The number of benzene rings is 1. The molecule has 21 heavy (non-hydrogen) atoms. The second kappa shape index (κ2) is 6.43. The molecule has 0 aliphatic carbocycles. The van der Waals surface area contributed by atoms with Gasteiger partial charge in [0.05, 0.1) is 5.69 Å². The molecule has 1 N–H and O–H groups in total. The molecule has 8 heteroatoms. The Morgan fingerprint density at radius 1 is 1.43 bits per heavy atom. The third-order valence-electron chi connectivity index (χ3n) is 3.38. The highest BCUT2D eigenvalue weighted by Crippen LogP contribution is 2.25. The zero-order valence-electron chi connectivity index (χ0n) is 11.6. The average molecular weight is 293 g/mol. The van der Waals surface area contributed by atoms with E-state index in [-0.39, 0.29) is 11.6 Å². The van der Waals surface area contributed by atoms with Crippen molar-refractivity contribution in [2.75, 3.05) is 31.1 Å². The molecule has 1 aliphatic rings. The Morgan fingerprint density at radius 2 is 2.10 bits per heavy atom. The molecule has 1 aliphatic heterocycles. The summed E-state index contributed by atoms with van der Waals surface area (Å²) in [5.74, 6) is -0.774. The van der Waals surface area contributed by atoms with E-state index in [0.717, 1.165) is 0 Å². The van der Waals surface area contributed by atoms with Gasteiger partial charge in [-0.3, -0.25) is 4.79 Å². The van der Waals surface area contributed by atoms with Gasteiger partial charge in [0, 0.05) is 36.8 Å². The van der Waals surface area contributed by atoms with E-state index in [1.165, 1.54) is 13.0 Å². The van der Waals surface area contributed by atoms with Crippen molar-refractivity contribution in [3.8, 4) is 0 Å². The zero-order chi connectivity index (χ0) is 15.4. The van der Waals surface area contributed by atoms with E-state index in [1.807, 2.05) is 4.90 Å². The Morgan fingerprint density at radius 3 is 2.62 bits per heavy atom. The summed E-state index contributed by atoms with van der Waals surface area (Å²) in [5.41, 5.74) is 8.96. The zero-order valence-corrected chi connectivity index (χ0v) is 11.6. The number of piperazine rings is 1. The number of amides is 1. The first-order chi connectivity index (χ1) is 10.0. The maximum Gasteiger partial charge on any atom is 0.251 e. The minimum Gasteiger partial charge on any atom is -0.384 e. The maximum absolute atomic E-state index is 14.0. The van der Waals surface area contributed by atoms with Crippen LogP contribution in [0, 0.1) is 5.82 Å². The van der Waals surface area contributed by atoms with Crippen LogP contribution in [-0.2, 0) is 4.79 Å². The highest BCUT2D eigenvalue weighted by atomic mass is 19.1. The topological polar surface area (TPSA) is 92.5 Å². The lowest BCUT2D eigenvalue weighted by atomic mass is 10.2. The Hall–Kier alpha value is -2.31. The second-order valence-electron chi connectivity index (χ2n) is 4.81. The second-order valence-corrected chi connectivity index (χ2v) is 4.81. The minimum atomic E-state index is -1.02. The largest absolute Gasteiger partial charge is 0.384 e. The van der Waals surface area contributed by atoms with Crippen molar-refractivity contribution in [3.63, 3.8) is 0 Å². The molecule has 2 rings (SSSR count). The lowest BCUT2D eigenvalue weighted by molar-refractivity contribution is -0.139. The summed E-state index contributed by atoms with van der Waals surface area (Å²) < 4.78 is 14.0. The van der Waals surface area contributed by atoms with Crippen molar-refractivity contribution in [3.05, 3.63) is 34.5 Å². The molecule has 1 aromatic rings. The smallest absolute Gasteiger partial charge is 0.251 e. The SMILES string of the molecule is CC(O)C(=O)N1CCN(c2ccc(N=[N+]=[N-])cc2F)CC1. The van der Waals surface area contributed by atoms with Gasteiger partial charge in [-0.05, 0) is 24.6 Å². The number of halogens is 1. The van der Waals surface area contributed by atoms with Crippen LogP contribution in [0.5, 0.6) is 0 Å². The van der Waals surface area contributed by atoms with Crippen molar-refractivity contribution in [1.29, 1.82) is 0 Å². The number of anilines is 1. The Kier molecular flexibility index (Phi) is 4.62. The van der Waals surface area contributed by atoms with Gasteiger partial charge in [-0.15, -0.1) is 0 Å². The molecule has 1 aromatic carbocycles. The number of rotatable bonds is 3. The first-order valence-corrected chi connectivity index (χ1v) is 6.59. The Bertz CT molecular complexity index is 578. The van der Waals surface area contributed by atoms with E-state index in [9.17, 15) is 14.3 Å². The molecule has 1 unspecified atom stereocenters. The molecule has 0 saturated carbocycles. The number of carbonyl (C=O) groups is 1. The van der Waals surface area contributed by atoms with Crippen LogP contribution in [0.15, 0.2) is 23.3 Å². The van der Waals surface area contributed by atoms with Crippen LogP contribution in [-0.4, -0.2) is 48.2 Å². The van der Waals surface area contributed by atoms with E-state index >= 15 is 0 Å². The van der Waals surface area contributed by atoms with Crippen LogP contribution in [0.1, 0.15) is 6.92 Å². The standard InChI is InChI=1S/C13H16FN5O2/c1-9(20)13(21)19-6-4-18(5-7-19)12-3-2-10(16-17-15)8-11(12)14/h2-3,8-9,20H,4-7H2,1H3. The fraction of sp³-hybridized carbons (Fsp3) is 0.462. The molecule has 1 heterocycles. The molecule has 0 radical (unpaired) electrons. The van der Waals surface area contributed by atoms with Crippen molar-refractivity contribution in [1.82, 2.24) is 4.90 Å². The van der Waals surface area contributed by atoms with Gasteiger partial charge >= 0.3 is 0 Å². The Labute approximate surface area is 121 Å². The fourth-order valence-electron chi connectivity index (χ4n) is 2.30. The molecule has 1 amide bonds. The number of azide groups is 1. The quantitative estimate of drug-likeness (QED) is 0.523. The Balaban J connectivity index is 2.05. The fourth-order valence-corrected chi connectivity index (χ4v) is 2.30. The first-order valence-electron chi connectivity index (χ1n) is 6.59. The lowest BCUT2D eigenvalue weighted by Crippen LogP contribution is -2.51. The van der Waals surface area contributed by atoms with Gasteiger partial charge < -0.3 is 14.9 Å². The number of hydrogen-bond donors (Lipinski definition) is 1. The van der Waals surface area contributed by atoms with E-state index in [1.54, 1.807) is 17.0 Å². The summed E-state index contributed by atoms with van der Waals surface area (Å²) in [6, 6.07) is 4.29. The molecule has 1 saturated heterocycles. The van der Waals surface area contributed by atoms with Crippen molar-refractivity contribution in [2.24, 2.45) is 5.11 Å². The monoisotopic (exact) mass is 293 g/mol. The van der Waals surface area contributed by atoms with Gasteiger partial charge in [0.25, 0.3) is 5.91 Å². The average Bonchev–Trinajstić information content (AvgIpc) is 2.47. The van der Waals surface area contributed by atoms with Crippen LogP contribution in [0.25, 0.3) is 10.4 Å². The number of aliphatic hydroxyl groups excluding tert-OH is 1. The van der Waals surface area contributed by atoms with Crippen LogP contribution >= 0.6 is 0 Å². The number of carbonyl (C=O) groups excluding carboxylic acids is 1.